The van der Waals surface area contributed by atoms with Crippen molar-refractivity contribution in [1.82, 2.24) is 24.1 Å². The molecule has 37 heavy (non-hydrogen) atoms. The Kier molecular flexibility index (Phi) is 6.81. The third kappa shape index (κ3) is 5.00. The highest BCUT2D eigenvalue weighted by Gasteiger charge is 2.20. The van der Waals surface area contributed by atoms with Crippen molar-refractivity contribution in [1.29, 1.82) is 0 Å². The lowest BCUT2D eigenvalue weighted by atomic mass is 10.2. The number of benzene rings is 1. The number of nitrogens with zero attached hydrogens (tertiary/aromatic N) is 5. The topological polar surface area (TPSA) is 123 Å². The van der Waals surface area contributed by atoms with Crippen LogP contribution >= 0.6 is 11.5 Å². The minimum absolute atomic E-state index is 0.141. The predicted molar refractivity (Wildman–Crippen MR) is 138 cm³/mol. The Balaban J connectivity index is 1.34. The molecule has 4 heterocycles. The SMILES string of the molecule is CCOc1cn(-c2cnsc2)nc1C(=O)Nc1ccc(Oc2ccnc3cc(OC)c(OC)cc23)cn1. The normalized spacial score (nSPS) is 10.8. The number of anilines is 1. The summed E-state index contributed by atoms with van der Waals surface area (Å²) in [6, 6.07) is 8.68. The van der Waals surface area contributed by atoms with E-state index in [1.54, 1.807) is 67.8 Å². The number of amides is 1. The van der Waals surface area contributed by atoms with Crippen LogP contribution in [-0.4, -0.2) is 50.9 Å². The second-order valence-corrected chi connectivity index (χ2v) is 8.23. The second kappa shape index (κ2) is 10.5. The van der Waals surface area contributed by atoms with Gasteiger partial charge in [0.2, 0.25) is 0 Å². The molecule has 0 aliphatic carbocycles. The largest absolute Gasteiger partial charge is 0.493 e. The molecule has 12 heteroatoms. The highest BCUT2D eigenvalue weighted by molar-refractivity contribution is 7.03. The first-order valence-electron chi connectivity index (χ1n) is 11.2. The van der Waals surface area contributed by atoms with Gasteiger partial charge in [-0.05, 0) is 42.7 Å². The smallest absolute Gasteiger partial charge is 0.281 e. The van der Waals surface area contributed by atoms with Gasteiger partial charge in [0.25, 0.3) is 5.91 Å². The molecule has 1 N–H and O–H groups in total. The van der Waals surface area contributed by atoms with E-state index in [1.165, 1.54) is 17.7 Å². The maximum Gasteiger partial charge on any atom is 0.281 e. The van der Waals surface area contributed by atoms with Crippen molar-refractivity contribution < 1.29 is 23.7 Å². The highest BCUT2D eigenvalue weighted by atomic mass is 32.1. The predicted octanol–water partition coefficient (Wildman–Crippen LogP) is 4.73. The number of pyridine rings is 2. The molecule has 0 aliphatic rings. The van der Waals surface area contributed by atoms with Crippen molar-refractivity contribution in [3.05, 3.63) is 66.2 Å². The number of methoxy groups -OCH3 is 2. The van der Waals surface area contributed by atoms with Gasteiger partial charge in [0.1, 0.15) is 17.3 Å². The molecular formula is C25H22N6O5S. The molecule has 0 radical (unpaired) electrons. The van der Waals surface area contributed by atoms with E-state index in [1.807, 2.05) is 12.3 Å². The lowest BCUT2D eigenvalue weighted by molar-refractivity contribution is 0.101. The van der Waals surface area contributed by atoms with Crippen LogP contribution in [0, 0.1) is 0 Å². The fourth-order valence-corrected chi connectivity index (χ4v) is 4.08. The summed E-state index contributed by atoms with van der Waals surface area (Å²) in [7, 11) is 3.14. The summed E-state index contributed by atoms with van der Waals surface area (Å²) >= 11 is 1.29. The van der Waals surface area contributed by atoms with E-state index < -0.39 is 5.91 Å². The fourth-order valence-electron chi connectivity index (χ4n) is 3.57. The van der Waals surface area contributed by atoms with Crippen molar-refractivity contribution >= 4 is 34.2 Å². The van der Waals surface area contributed by atoms with Gasteiger partial charge in [-0.25, -0.2) is 9.67 Å². The van der Waals surface area contributed by atoms with E-state index in [9.17, 15) is 4.79 Å². The summed E-state index contributed by atoms with van der Waals surface area (Å²) in [5.41, 5.74) is 1.57. The minimum atomic E-state index is -0.451. The van der Waals surface area contributed by atoms with Gasteiger partial charge in [0, 0.05) is 23.0 Å². The Morgan fingerprint density at radius 2 is 1.86 bits per heavy atom. The van der Waals surface area contributed by atoms with Crippen LogP contribution in [0.25, 0.3) is 16.6 Å². The molecule has 5 aromatic rings. The quantitative estimate of drug-likeness (QED) is 0.295. The lowest BCUT2D eigenvalue weighted by Gasteiger charge is -2.12. The summed E-state index contributed by atoms with van der Waals surface area (Å²) in [6.07, 6.45) is 6.47. The van der Waals surface area contributed by atoms with Crippen LogP contribution in [0.4, 0.5) is 5.82 Å². The van der Waals surface area contributed by atoms with Crippen LogP contribution in [0.3, 0.4) is 0 Å². The Labute approximate surface area is 215 Å². The molecule has 1 aromatic carbocycles. The van der Waals surface area contributed by atoms with Gasteiger partial charge >= 0.3 is 0 Å². The van der Waals surface area contributed by atoms with Crippen molar-refractivity contribution in [2.24, 2.45) is 0 Å². The van der Waals surface area contributed by atoms with Crippen molar-refractivity contribution in [2.45, 2.75) is 6.92 Å². The number of fused-ring (bicyclic) bond motifs is 1. The van der Waals surface area contributed by atoms with Gasteiger partial charge in [-0.1, -0.05) is 0 Å². The van der Waals surface area contributed by atoms with Crippen LogP contribution in [-0.2, 0) is 0 Å². The van der Waals surface area contributed by atoms with E-state index in [2.05, 4.69) is 24.8 Å². The number of nitrogens with one attached hydrogen (secondary N) is 1. The van der Waals surface area contributed by atoms with E-state index in [-0.39, 0.29) is 5.69 Å². The molecule has 0 fully saturated rings. The molecule has 0 bridgehead atoms. The number of carbonyl (C=O) groups excluding carboxylic acids is 1. The van der Waals surface area contributed by atoms with Gasteiger partial charge in [-0.2, -0.15) is 9.47 Å². The summed E-state index contributed by atoms with van der Waals surface area (Å²) < 4.78 is 28.0. The second-order valence-electron chi connectivity index (χ2n) is 7.57. The molecular weight excluding hydrogens is 496 g/mol. The molecule has 188 valence electrons. The van der Waals surface area contributed by atoms with Crippen LogP contribution < -0.4 is 24.3 Å². The Bertz CT molecular complexity index is 1540. The summed E-state index contributed by atoms with van der Waals surface area (Å²) in [4.78, 5) is 21.6. The number of carbonyl (C=O) groups is 1. The van der Waals surface area contributed by atoms with Crippen molar-refractivity contribution in [3.63, 3.8) is 0 Å². The van der Waals surface area contributed by atoms with E-state index in [0.717, 1.165) is 11.1 Å². The number of hydrogen-bond acceptors (Lipinski definition) is 10. The lowest BCUT2D eigenvalue weighted by Crippen LogP contribution is -2.15. The van der Waals surface area contributed by atoms with Crippen molar-refractivity contribution in [2.75, 3.05) is 26.1 Å². The number of hydrogen-bond donors (Lipinski definition) is 1. The monoisotopic (exact) mass is 518 g/mol. The minimum Gasteiger partial charge on any atom is -0.493 e. The maximum atomic E-state index is 12.9. The summed E-state index contributed by atoms with van der Waals surface area (Å²) in [6.45, 7) is 2.23. The van der Waals surface area contributed by atoms with E-state index in [0.29, 0.717) is 46.7 Å². The van der Waals surface area contributed by atoms with E-state index >= 15 is 0 Å². The van der Waals surface area contributed by atoms with Crippen LogP contribution in [0.1, 0.15) is 17.4 Å². The zero-order valence-electron chi connectivity index (χ0n) is 20.2. The number of ether oxygens (including phenoxy) is 4. The molecule has 0 atom stereocenters. The zero-order chi connectivity index (χ0) is 25.8. The third-order valence-electron chi connectivity index (χ3n) is 5.29. The molecule has 0 aliphatic heterocycles. The molecule has 0 spiro atoms. The van der Waals surface area contributed by atoms with Crippen LogP contribution in [0.15, 0.2) is 60.5 Å². The molecule has 0 unspecified atom stereocenters. The Morgan fingerprint density at radius 1 is 1.03 bits per heavy atom. The van der Waals surface area contributed by atoms with Gasteiger partial charge in [-0.15, -0.1) is 0 Å². The molecule has 4 aromatic heterocycles. The van der Waals surface area contributed by atoms with Crippen LogP contribution in [0.5, 0.6) is 28.7 Å². The zero-order valence-corrected chi connectivity index (χ0v) is 21.0. The third-order valence-corrected chi connectivity index (χ3v) is 5.87. The molecule has 1 amide bonds. The average Bonchev–Trinajstić information content (AvgIpc) is 3.60. The first-order valence-corrected chi connectivity index (χ1v) is 12.0. The summed E-state index contributed by atoms with van der Waals surface area (Å²) in [5, 5.41) is 9.68. The Hall–Kier alpha value is -4.71. The number of aromatic nitrogens is 5. The molecule has 0 saturated carbocycles. The molecule has 11 nitrogen and oxygen atoms in total. The van der Waals surface area contributed by atoms with Gasteiger partial charge in [-0.3, -0.25) is 9.78 Å². The number of rotatable bonds is 9. The van der Waals surface area contributed by atoms with Gasteiger partial charge < -0.3 is 24.3 Å². The first kappa shape index (κ1) is 24.0. The van der Waals surface area contributed by atoms with Crippen molar-refractivity contribution in [3.8, 4) is 34.4 Å². The summed E-state index contributed by atoms with van der Waals surface area (Å²) in [5.74, 6) is 2.43. The van der Waals surface area contributed by atoms with Gasteiger partial charge in [0.15, 0.2) is 22.9 Å². The maximum absolute atomic E-state index is 12.9. The molecule has 5 rings (SSSR count). The first-order chi connectivity index (χ1) is 18.1. The average molecular weight is 519 g/mol. The Morgan fingerprint density at radius 3 is 2.57 bits per heavy atom. The highest BCUT2D eigenvalue weighted by Crippen LogP contribution is 2.36. The van der Waals surface area contributed by atoms with E-state index in [4.69, 9.17) is 18.9 Å². The standard InChI is InChI=1S/C25H22N6O5S/c1-4-35-22-13-31(15-11-28-37-14-15)30-24(22)25(32)29-23-6-5-16(12-27-23)36-19-7-8-26-18-10-21(34-3)20(33-2)9-17(18)19/h5-14H,4H2,1-3H3,(H,27,29,32). The molecule has 0 saturated heterocycles. The van der Waals surface area contributed by atoms with Crippen LogP contribution in [0.2, 0.25) is 0 Å². The van der Waals surface area contributed by atoms with Gasteiger partial charge in [0.05, 0.1) is 50.6 Å². The fraction of sp³-hybridized carbons (Fsp3) is 0.160.